The Hall–Kier alpha value is -1.63. The fourth-order valence-corrected chi connectivity index (χ4v) is 2.10. The first kappa shape index (κ1) is 15.4. The Morgan fingerprint density at radius 1 is 1.47 bits per heavy atom. The summed E-state index contributed by atoms with van der Waals surface area (Å²) >= 11 is 1.66. The van der Waals surface area contributed by atoms with E-state index in [-0.39, 0.29) is 5.91 Å². The van der Waals surface area contributed by atoms with Crippen LogP contribution in [0.25, 0.3) is 0 Å². The Morgan fingerprint density at radius 3 is 2.74 bits per heavy atom. The highest BCUT2D eigenvalue weighted by atomic mass is 32.1. The summed E-state index contributed by atoms with van der Waals surface area (Å²) in [4.78, 5) is 22.5. The van der Waals surface area contributed by atoms with Crippen molar-refractivity contribution in [3.05, 3.63) is 16.1 Å². The number of guanidine groups is 1. The third-order valence-electron chi connectivity index (χ3n) is 2.43. The number of hydrogen-bond acceptors (Lipinski definition) is 4. The van der Waals surface area contributed by atoms with Crippen LogP contribution in [0.4, 0.5) is 0 Å². The summed E-state index contributed by atoms with van der Waals surface area (Å²) in [5.74, 6) is 0.776. The van der Waals surface area contributed by atoms with Crippen LogP contribution in [-0.2, 0) is 11.3 Å². The van der Waals surface area contributed by atoms with E-state index in [4.69, 9.17) is 0 Å². The molecule has 0 aliphatic rings. The molecule has 1 aromatic rings. The van der Waals surface area contributed by atoms with Crippen molar-refractivity contribution in [3.63, 3.8) is 0 Å². The molecule has 1 heterocycles. The molecular weight excluding hydrogens is 262 g/mol. The number of carbonyl (C=O) groups is 1. The predicted octanol–water partition coefficient (Wildman–Crippen LogP) is 0.595. The molecule has 6 nitrogen and oxygen atoms in total. The molecule has 1 rings (SSSR count). The topological polar surface area (TPSA) is 69.6 Å². The van der Waals surface area contributed by atoms with Gasteiger partial charge in [0.2, 0.25) is 5.91 Å². The van der Waals surface area contributed by atoms with Gasteiger partial charge in [-0.15, -0.1) is 11.3 Å². The van der Waals surface area contributed by atoms with Crippen molar-refractivity contribution in [2.45, 2.75) is 19.9 Å². The summed E-state index contributed by atoms with van der Waals surface area (Å²) in [6.07, 6.45) is 2.30. The van der Waals surface area contributed by atoms with Gasteiger partial charge in [-0.25, -0.2) is 4.98 Å². The molecule has 0 atom stereocenters. The summed E-state index contributed by atoms with van der Waals surface area (Å²) in [5.41, 5.74) is 0. The van der Waals surface area contributed by atoms with E-state index >= 15 is 0 Å². The second-order valence-electron chi connectivity index (χ2n) is 4.26. The van der Waals surface area contributed by atoms with Crippen LogP contribution in [0, 0.1) is 6.92 Å². The number of rotatable bonds is 5. The van der Waals surface area contributed by atoms with E-state index in [9.17, 15) is 4.79 Å². The van der Waals surface area contributed by atoms with Gasteiger partial charge in [0.15, 0.2) is 5.96 Å². The highest BCUT2D eigenvalue weighted by Gasteiger charge is 2.05. The van der Waals surface area contributed by atoms with Gasteiger partial charge in [0.1, 0.15) is 5.01 Å². The molecule has 0 aromatic carbocycles. The summed E-state index contributed by atoms with van der Waals surface area (Å²) in [7, 11) is 5.20. The molecule has 0 fully saturated rings. The molecule has 0 unspecified atom stereocenters. The number of thiazole rings is 1. The Kier molecular flexibility index (Phi) is 6.27. The molecule has 1 aromatic heterocycles. The molecule has 0 radical (unpaired) electrons. The van der Waals surface area contributed by atoms with Crippen LogP contribution in [-0.4, -0.2) is 49.4 Å². The average Bonchev–Trinajstić information content (AvgIpc) is 2.79. The minimum absolute atomic E-state index is 0.0958. The molecule has 0 bridgehead atoms. The molecule has 0 aliphatic carbocycles. The van der Waals surface area contributed by atoms with Crippen molar-refractivity contribution >= 4 is 23.2 Å². The second-order valence-corrected chi connectivity index (χ2v) is 5.57. The maximum atomic E-state index is 11.4. The quantitative estimate of drug-likeness (QED) is 0.613. The molecule has 2 N–H and O–H groups in total. The Morgan fingerprint density at radius 2 is 2.21 bits per heavy atom. The highest BCUT2D eigenvalue weighted by Crippen LogP contribution is 2.10. The summed E-state index contributed by atoms with van der Waals surface area (Å²) in [5, 5.41) is 7.28. The number of hydrogen-bond donors (Lipinski definition) is 2. The monoisotopic (exact) mass is 283 g/mol. The van der Waals surface area contributed by atoms with E-state index in [0.717, 1.165) is 5.01 Å². The lowest BCUT2D eigenvalue weighted by Crippen LogP contribution is -2.38. The molecule has 0 aliphatic heterocycles. The third-order valence-corrected chi connectivity index (χ3v) is 3.34. The average molecular weight is 283 g/mol. The summed E-state index contributed by atoms with van der Waals surface area (Å²) in [6, 6.07) is 0. The van der Waals surface area contributed by atoms with E-state index in [2.05, 4.69) is 20.6 Å². The molecule has 19 heavy (non-hydrogen) atoms. The molecule has 0 saturated heterocycles. The first-order valence-electron chi connectivity index (χ1n) is 6.09. The van der Waals surface area contributed by atoms with Gasteiger partial charge >= 0.3 is 0 Å². The zero-order valence-electron chi connectivity index (χ0n) is 11.9. The van der Waals surface area contributed by atoms with Gasteiger partial charge in [0.05, 0.1) is 6.54 Å². The number of aliphatic imine (C=N–C) groups is 1. The molecule has 1 amide bonds. The maximum absolute atomic E-state index is 11.4. The zero-order valence-corrected chi connectivity index (χ0v) is 12.7. The molecule has 7 heteroatoms. The summed E-state index contributed by atoms with van der Waals surface area (Å²) < 4.78 is 0. The SMILES string of the molecule is CN=C(NCCC(=O)N(C)C)NCc1ncc(C)s1. The van der Waals surface area contributed by atoms with Crippen molar-refractivity contribution in [1.29, 1.82) is 0 Å². The van der Waals surface area contributed by atoms with Crippen molar-refractivity contribution in [1.82, 2.24) is 20.5 Å². The number of nitrogens with zero attached hydrogens (tertiary/aromatic N) is 3. The molecular formula is C12H21N5OS. The van der Waals surface area contributed by atoms with Gasteiger partial charge in [-0.05, 0) is 6.92 Å². The predicted molar refractivity (Wildman–Crippen MR) is 78.4 cm³/mol. The van der Waals surface area contributed by atoms with Crippen LogP contribution in [0.15, 0.2) is 11.2 Å². The van der Waals surface area contributed by atoms with E-state index in [0.29, 0.717) is 25.5 Å². The van der Waals surface area contributed by atoms with Gasteiger partial charge in [-0.3, -0.25) is 9.79 Å². The fraction of sp³-hybridized carbons (Fsp3) is 0.583. The van der Waals surface area contributed by atoms with Crippen molar-refractivity contribution in [2.24, 2.45) is 4.99 Å². The standard InChI is InChI=1S/C12H21N5OS/c1-9-7-15-10(19-9)8-16-12(13-2)14-6-5-11(18)17(3)4/h7H,5-6,8H2,1-4H3,(H2,13,14,16). The Labute approximate surface area is 117 Å². The largest absolute Gasteiger partial charge is 0.356 e. The van der Waals surface area contributed by atoms with Crippen LogP contribution < -0.4 is 10.6 Å². The van der Waals surface area contributed by atoms with Crippen molar-refractivity contribution in [2.75, 3.05) is 27.7 Å². The Bertz CT molecular complexity index is 441. The van der Waals surface area contributed by atoms with Crippen LogP contribution in [0.5, 0.6) is 0 Å². The van der Waals surface area contributed by atoms with Crippen LogP contribution in [0.1, 0.15) is 16.3 Å². The zero-order chi connectivity index (χ0) is 14.3. The normalized spacial score (nSPS) is 11.3. The van der Waals surface area contributed by atoms with E-state index in [1.807, 2.05) is 13.1 Å². The van der Waals surface area contributed by atoms with Gasteiger partial charge in [0, 0.05) is 45.2 Å². The number of aryl methyl sites for hydroxylation is 1. The lowest BCUT2D eigenvalue weighted by molar-refractivity contribution is -0.128. The van der Waals surface area contributed by atoms with Gasteiger partial charge in [-0.1, -0.05) is 0 Å². The van der Waals surface area contributed by atoms with Crippen molar-refractivity contribution < 1.29 is 4.79 Å². The first-order chi connectivity index (χ1) is 9.02. The highest BCUT2D eigenvalue weighted by molar-refractivity contribution is 7.11. The minimum Gasteiger partial charge on any atom is -0.356 e. The maximum Gasteiger partial charge on any atom is 0.223 e. The van der Waals surface area contributed by atoms with Crippen LogP contribution >= 0.6 is 11.3 Å². The van der Waals surface area contributed by atoms with E-state index in [1.54, 1.807) is 37.4 Å². The smallest absolute Gasteiger partial charge is 0.223 e. The second kappa shape index (κ2) is 7.73. The first-order valence-corrected chi connectivity index (χ1v) is 6.90. The van der Waals surface area contributed by atoms with Gasteiger partial charge < -0.3 is 15.5 Å². The minimum atomic E-state index is 0.0958. The third kappa shape index (κ3) is 5.69. The molecule has 0 spiro atoms. The van der Waals surface area contributed by atoms with Crippen LogP contribution in [0.3, 0.4) is 0 Å². The van der Waals surface area contributed by atoms with Gasteiger partial charge in [-0.2, -0.15) is 0 Å². The number of carbonyl (C=O) groups excluding carboxylic acids is 1. The van der Waals surface area contributed by atoms with Gasteiger partial charge in [0.25, 0.3) is 0 Å². The number of aromatic nitrogens is 1. The Balaban J connectivity index is 2.29. The van der Waals surface area contributed by atoms with Crippen LogP contribution in [0.2, 0.25) is 0 Å². The number of amides is 1. The van der Waals surface area contributed by atoms with E-state index in [1.165, 1.54) is 4.88 Å². The summed E-state index contributed by atoms with van der Waals surface area (Å²) in [6.45, 7) is 3.23. The van der Waals surface area contributed by atoms with Crippen molar-refractivity contribution in [3.8, 4) is 0 Å². The van der Waals surface area contributed by atoms with E-state index < -0.39 is 0 Å². The molecule has 106 valence electrons. The lowest BCUT2D eigenvalue weighted by atomic mass is 10.4. The fourth-order valence-electron chi connectivity index (χ4n) is 1.37. The molecule has 0 saturated carbocycles. The lowest BCUT2D eigenvalue weighted by Gasteiger charge is -2.13. The number of nitrogens with one attached hydrogen (secondary N) is 2.